The summed E-state index contributed by atoms with van der Waals surface area (Å²) in [6, 6.07) is 3.73. The molecule has 1 aromatic heterocycles. The highest BCUT2D eigenvalue weighted by Gasteiger charge is 2.00. The first-order chi connectivity index (χ1) is 6.38. The van der Waals surface area contributed by atoms with Crippen LogP contribution in [-0.4, -0.2) is 18.6 Å². The normalized spacial score (nSPS) is 9.00. The third kappa shape index (κ3) is 2.65. The molecular formula is C8H10N4O. The van der Waals surface area contributed by atoms with Crippen molar-refractivity contribution >= 4 is 0 Å². The van der Waals surface area contributed by atoms with Gasteiger partial charge in [0.15, 0.2) is 0 Å². The van der Waals surface area contributed by atoms with Crippen LogP contribution in [0.25, 0.3) is 10.4 Å². The molecule has 1 aromatic rings. The average Bonchev–Trinajstić information content (AvgIpc) is 2.19. The molecule has 1 rings (SSSR count). The van der Waals surface area contributed by atoms with Gasteiger partial charge in [-0.1, -0.05) is 11.2 Å². The fourth-order valence-electron chi connectivity index (χ4n) is 1.01. The van der Waals surface area contributed by atoms with Gasteiger partial charge in [-0.25, -0.2) is 4.98 Å². The lowest BCUT2D eigenvalue weighted by Gasteiger charge is -2.03. The van der Waals surface area contributed by atoms with E-state index >= 15 is 0 Å². The first kappa shape index (κ1) is 9.35. The van der Waals surface area contributed by atoms with Crippen LogP contribution in [0.2, 0.25) is 0 Å². The summed E-state index contributed by atoms with van der Waals surface area (Å²) in [6.45, 7) is 0.429. The molecule has 0 saturated carbocycles. The lowest BCUT2D eigenvalue weighted by molar-refractivity contribution is 0.392. The summed E-state index contributed by atoms with van der Waals surface area (Å²) >= 11 is 0. The van der Waals surface area contributed by atoms with Gasteiger partial charge in [0.1, 0.15) is 0 Å². The lowest BCUT2D eigenvalue weighted by Crippen LogP contribution is -1.96. The van der Waals surface area contributed by atoms with Crippen molar-refractivity contribution in [3.05, 3.63) is 34.3 Å². The van der Waals surface area contributed by atoms with Crippen molar-refractivity contribution in [2.24, 2.45) is 5.11 Å². The van der Waals surface area contributed by atoms with Crippen molar-refractivity contribution in [3.63, 3.8) is 0 Å². The minimum Gasteiger partial charge on any atom is -0.481 e. The highest BCUT2D eigenvalue weighted by Crippen LogP contribution is 2.13. The molecule has 0 saturated heterocycles. The summed E-state index contributed by atoms with van der Waals surface area (Å²) in [7, 11) is 1.57. The molecule has 1 heterocycles. The van der Waals surface area contributed by atoms with Crippen LogP contribution in [-0.2, 0) is 6.42 Å². The summed E-state index contributed by atoms with van der Waals surface area (Å²) in [5.74, 6) is 0.593. The maximum atomic E-state index is 8.08. The Labute approximate surface area is 76.0 Å². The molecule has 68 valence electrons. The zero-order valence-electron chi connectivity index (χ0n) is 7.34. The Hall–Kier alpha value is -1.74. The number of methoxy groups -OCH3 is 1. The molecule has 0 aliphatic rings. The zero-order chi connectivity index (χ0) is 9.52. The Morgan fingerprint density at radius 1 is 1.69 bits per heavy atom. The van der Waals surface area contributed by atoms with E-state index in [0.717, 1.165) is 5.56 Å². The molecular weight excluding hydrogens is 168 g/mol. The number of pyridine rings is 1. The molecule has 5 heteroatoms. The van der Waals surface area contributed by atoms with Gasteiger partial charge in [-0.2, -0.15) is 0 Å². The Balaban J connectivity index is 2.69. The van der Waals surface area contributed by atoms with Crippen LogP contribution in [0.4, 0.5) is 0 Å². The first-order valence-corrected chi connectivity index (χ1v) is 3.87. The predicted octanol–water partition coefficient (Wildman–Crippen LogP) is 1.94. The maximum absolute atomic E-state index is 8.08. The summed E-state index contributed by atoms with van der Waals surface area (Å²) in [6.07, 6.45) is 2.32. The molecule has 0 unspecified atom stereocenters. The minimum absolute atomic E-state index is 0.429. The van der Waals surface area contributed by atoms with E-state index in [9.17, 15) is 0 Å². The number of hydrogen-bond donors (Lipinski definition) is 0. The van der Waals surface area contributed by atoms with Gasteiger partial charge in [0.25, 0.3) is 0 Å². The molecule has 0 radical (unpaired) electrons. The van der Waals surface area contributed by atoms with Gasteiger partial charge in [0.2, 0.25) is 5.88 Å². The third-order valence-corrected chi connectivity index (χ3v) is 1.59. The van der Waals surface area contributed by atoms with Crippen LogP contribution in [0.1, 0.15) is 5.56 Å². The van der Waals surface area contributed by atoms with E-state index in [1.807, 2.05) is 12.1 Å². The number of aromatic nitrogens is 1. The van der Waals surface area contributed by atoms with Crippen molar-refractivity contribution in [2.45, 2.75) is 6.42 Å². The van der Waals surface area contributed by atoms with Gasteiger partial charge >= 0.3 is 0 Å². The van der Waals surface area contributed by atoms with E-state index in [4.69, 9.17) is 10.3 Å². The number of azide groups is 1. The fourth-order valence-corrected chi connectivity index (χ4v) is 1.01. The van der Waals surface area contributed by atoms with Crippen LogP contribution in [0, 0.1) is 0 Å². The topological polar surface area (TPSA) is 70.9 Å². The van der Waals surface area contributed by atoms with Crippen molar-refractivity contribution < 1.29 is 4.74 Å². The SMILES string of the molecule is COc1ncccc1CCN=[N+]=[N-]. The quantitative estimate of drug-likeness (QED) is 0.401. The van der Waals surface area contributed by atoms with Gasteiger partial charge in [-0.15, -0.1) is 0 Å². The Bertz CT molecular complexity index is 320. The summed E-state index contributed by atoms with van der Waals surface area (Å²) in [4.78, 5) is 6.69. The minimum atomic E-state index is 0.429. The molecule has 0 atom stereocenters. The van der Waals surface area contributed by atoms with E-state index in [1.54, 1.807) is 13.3 Å². The summed E-state index contributed by atoms with van der Waals surface area (Å²) < 4.78 is 5.03. The largest absolute Gasteiger partial charge is 0.481 e. The van der Waals surface area contributed by atoms with Crippen molar-refractivity contribution in [1.82, 2.24) is 4.98 Å². The number of rotatable bonds is 4. The highest BCUT2D eigenvalue weighted by atomic mass is 16.5. The van der Waals surface area contributed by atoms with Gasteiger partial charge in [-0.3, -0.25) is 0 Å². The third-order valence-electron chi connectivity index (χ3n) is 1.59. The number of ether oxygens (including phenoxy) is 1. The van der Waals surface area contributed by atoms with Gasteiger partial charge in [0, 0.05) is 23.2 Å². The van der Waals surface area contributed by atoms with Crippen molar-refractivity contribution in [2.75, 3.05) is 13.7 Å². The number of hydrogen-bond acceptors (Lipinski definition) is 3. The molecule has 5 nitrogen and oxygen atoms in total. The molecule has 13 heavy (non-hydrogen) atoms. The van der Waals surface area contributed by atoms with Gasteiger partial charge in [0.05, 0.1) is 7.11 Å². The summed E-state index contributed by atoms with van der Waals surface area (Å²) in [5.41, 5.74) is 9.04. The van der Waals surface area contributed by atoms with Crippen LogP contribution >= 0.6 is 0 Å². The molecule has 0 N–H and O–H groups in total. The van der Waals surface area contributed by atoms with E-state index < -0.39 is 0 Å². The lowest BCUT2D eigenvalue weighted by atomic mass is 10.2. The van der Waals surface area contributed by atoms with E-state index in [2.05, 4.69) is 15.0 Å². The van der Waals surface area contributed by atoms with Crippen LogP contribution in [0.5, 0.6) is 5.88 Å². The molecule has 0 fully saturated rings. The Morgan fingerprint density at radius 2 is 2.54 bits per heavy atom. The second-order valence-electron chi connectivity index (χ2n) is 2.38. The van der Waals surface area contributed by atoms with Crippen molar-refractivity contribution in [1.29, 1.82) is 0 Å². The monoisotopic (exact) mass is 178 g/mol. The average molecular weight is 178 g/mol. The number of nitrogens with zero attached hydrogens (tertiary/aromatic N) is 4. The first-order valence-electron chi connectivity index (χ1n) is 3.87. The maximum Gasteiger partial charge on any atom is 0.216 e. The highest BCUT2D eigenvalue weighted by molar-refractivity contribution is 5.25. The second kappa shape index (κ2) is 5.00. The standard InChI is InChI=1S/C8H10N4O/c1-13-8-7(3-2-5-10-8)4-6-11-12-9/h2-3,5H,4,6H2,1H3. The van der Waals surface area contributed by atoms with E-state index in [0.29, 0.717) is 18.8 Å². The van der Waals surface area contributed by atoms with Gasteiger partial charge < -0.3 is 4.74 Å². The molecule has 0 spiro atoms. The molecule has 0 aliphatic carbocycles. The van der Waals surface area contributed by atoms with Crippen molar-refractivity contribution in [3.8, 4) is 5.88 Å². The van der Waals surface area contributed by atoms with Crippen LogP contribution in [0.3, 0.4) is 0 Å². The van der Waals surface area contributed by atoms with Crippen LogP contribution < -0.4 is 4.74 Å². The molecule has 0 aliphatic heterocycles. The fraction of sp³-hybridized carbons (Fsp3) is 0.375. The molecule has 0 bridgehead atoms. The predicted molar refractivity (Wildman–Crippen MR) is 48.5 cm³/mol. The molecule has 0 amide bonds. The Kier molecular flexibility index (Phi) is 3.60. The smallest absolute Gasteiger partial charge is 0.216 e. The van der Waals surface area contributed by atoms with E-state index in [1.165, 1.54) is 0 Å². The van der Waals surface area contributed by atoms with E-state index in [-0.39, 0.29) is 0 Å². The van der Waals surface area contributed by atoms with Gasteiger partial charge in [-0.05, 0) is 18.0 Å². The Morgan fingerprint density at radius 3 is 3.23 bits per heavy atom. The second-order valence-corrected chi connectivity index (χ2v) is 2.38. The summed E-state index contributed by atoms with van der Waals surface area (Å²) in [5, 5.41) is 3.44. The molecule has 0 aromatic carbocycles. The zero-order valence-corrected chi connectivity index (χ0v) is 7.34. The van der Waals surface area contributed by atoms with Crippen LogP contribution in [0.15, 0.2) is 23.4 Å².